The van der Waals surface area contributed by atoms with Crippen LogP contribution >= 0.6 is 22.9 Å². The van der Waals surface area contributed by atoms with Crippen LogP contribution in [0.15, 0.2) is 36.4 Å². The van der Waals surface area contributed by atoms with Gasteiger partial charge < -0.3 is 15.2 Å². The van der Waals surface area contributed by atoms with Crippen molar-refractivity contribution in [1.82, 2.24) is 5.32 Å². The predicted molar refractivity (Wildman–Crippen MR) is 89.3 cm³/mol. The molecule has 122 valence electrons. The van der Waals surface area contributed by atoms with Crippen molar-refractivity contribution in [3.8, 4) is 5.75 Å². The lowest BCUT2D eigenvalue weighted by Gasteiger charge is -2.07. The molecule has 0 spiro atoms. The van der Waals surface area contributed by atoms with Gasteiger partial charge in [0.05, 0.1) is 18.2 Å². The number of hydrogen-bond acceptors (Lipinski definition) is 4. The Morgan fingerprint density at radius 2 is 2.00 bits per heavy atom. The van der Waals surface area contributed by atoms with Crippen LogP contribution in [0.25, 0.3) is 0 Å². The number of aromatic carboxylic acids is 1. The van der Waals surface area contributed by atoms with E-state index in [0.717, 1.165) is 16.2 Å². The minimum Gasteiger partial charge on any atom is -0.492 e. The summed E-state index contributed by atoms with van der Waals surface area (Å²) in [5.74, 6) is -0.448. The van der Waals surface area contributed by atoms with Crippen molar-refractivity contribution in [1.29, 1.82) is 0 Å². The molecule has 0 atom stereocenters. The first-order chi connectivity index (χ1) is 11.1. The Bertz CT molecular complexity index is 686. The first-order valence-electron chi connectivity index (χ1n) is 7.02. The van der Waals surface area contributed by atoms with E-state index < -0.39 is 5.97 Å². The Labute approximate surface area is 142 Å². The number of halogens is 1. The highest BCUT2D eigenvalue weighted by Crippen LogP contribution is 2.23. The second-order valence-corrected chi connectivity index (χ2v) is 6.31. The second kappa shape index (κ2) is 8.55. The maximum absolute atomic E-state index is 11.7. The van der Waals surface area contributed by atoms with Gasteiger partial charge in [-0.3, -0.25) is 4.79 Å². The van der Waals surface area contributed by atoms with Gasteiger partial charge >= 0.3 is 5.97 Å². The monoisotopic (exact) mass is 353 g/mol. The number of benzene rings is 1. The fourth-order valence-corrected chi connectivity index (χ4v) is 2.82. The van der Waals surface area contributed by atoms with Gasteiger partial charge in [0, 0.05) is 11.3 Å². The molecule has 1 heterocycles. The van der Waals surface area contributed by atoms with E-state index in [1.54, 1.807) is 18.2 Å². The zero-order chi connectivity index (χ0) is 16.7. The first-order valence-corrected chi connectivity index (χ1v) is 8.22. The van der Waals surface area contributed by atoms with Gasteiger partial charge in [-0.15, -0.1) is 11.3 Å². The van der Waals surface area contributed by atoms with E-state index in [2.05, 4.69) is 5.32 Å². The number of hydrogen-bond donors (Lipinski definition) is 2. The Balaban J connectivity index is 1.65. The molecule has 2 rings (SSSR count). The van der Waals surface area contributed by atoms with Gasteiger partial charge in [0.1, 0.15) is 10.6 Å². The van der Waals surface area contributed by atoms with E-state index in [-0.39, 0.29) is 10.8 Å². The number of para-hydroxylation sites is 1. The largest absolute Gasteiger partial charge is 0.492 e. The molecule has 5 nitrogen and oxygen atoms in total. The highest BCUT2D eigenvalue weighted by molar-refractivity contribution is 7.13. The highest BCUT2D eigenvalue weighted by Gasteiger charge is 2.08. The average molecular weight is 354 g/mol. The number of rotatable bonds is 8. The lowest BCUT2D eigenvalue weighted by atomic mass is 10.3. The van der Waals surface area contributed by atoms with Gasteiger partial charge in [-0.1, -0.05) is 23.7 Å². The zero-order valence-electron chi connectivity index (χ0n) is 12.3. The van der Waals surface area contributed by atoms with Crippen molar-refractivity contribution in [3.63, 3.8) is 0 Å². The minimum absolute atomic E-state index is 0.0990. The zero-order valence-corrected chi connectivity index (χ0v) is 13.8. The third-order valence-electron chi connectivity index (χ3n) is 2.97. The summed E-state index contributed by atoms with van der Waals surface area (Å²) >= 11 is 7.12. The summed E-state index contributed by atoms with van der Waals surface area (Å²) in [5, 5.41) is 12.1. The SMILES string of the molecule is O=C(CCCOc1ccccc1Cl)NCc1ccc(C(=O)O)s1. The Kier molecular flexibility index (Phi) is 6.43. The van der Waals surface area contributed by atoms with E-state index in [1.165, 1.54) is 6.07 Å². The lowest BCUT2D eigenvalue weighted by Crippen LogP contribution is -2.22. The lowest BCUT2D eigenvalue weighted by molar-refractivity contribution is -0.121. The van der Waals surface area contributed by atoms with Crippen LogP contribution in [0.3, 0.4) is 0 Å². The molecule has 0 aliphatic heterocycles. The van der Waals surface area contributed by atoms with E-state index in [9.17, 15) is 9.59 Å². The number of amides is 1. The van der Waals surface area contributed by atoms with Crippen molar-refractivity contribution in [2.24, 2.45) is 0 Å². The molecule has 0 unspecified atom stereocenters. The summed E-state index contributed by atoms with van der Waals surface area (Å²) in [6.45, 7) is 0.738. The third-order valence-corrected chi connectivity index (χ3v) is 4.36. The Morgan fingerprint density at radius 1 is 1.22 bits per heavy atom. The van der Waals surface area contributed by atoms with E-state index >= 15 is 0 Å². The number of thiophene rings is 1. The third kappa shape index (κ3) is 5.58. The summed E-state index contributed by atoms with van der Waals surface area (Å²) in [4.78, 5) is 23.6. The van der Waals surface area contributed by atoms with Crippen molar-refractivity contribution in [2.75, 3.05) is 6.61 Å². The number of carbonyl (C=O) groups is 2. The van der Waals surface area contributed by atoms with Gasteiger partial charge in [-0.05, 0) is 30.7 Å². The topological polar surface area (TPSA) is 75.6 Å². The normalized spacial score (nSPS) is 10.3. The first kappa shape index (κ1) is 17.3. The quantitative estimate of drug-likeness (QED) is 0.711. The van der Waals surface area contributed by atoms with Crippen molar-refractivity contribution >= 4 is 34.8 Å². The fourth-order valence-electron chi connectivity index (χ4n) is 1.84. The van der Waals surface area contributed by atoms with Gasteiger partial charge in [-0.25, -0.2) is 4.79 Å². The number of ether oxygens (including phenoxy) is 1. The van der Waals surface area contributed by atoms with E-state index in [4.69, 9.17) is 21.4 Å². The van der Waals surface area contributed by atoms with Gasteiger partial charge in [0.2, 0.25) is 5.91 Å². The molecule has 0 aliphatic carbocycles. The molecule has 23 heavy (non-hydrogen) atoms. The van der Waals surface area contributed by atoms with Crippen molar-refractivity contribution < 1.29 is 19.4 Å². The van der Waals surface area contributed by atoms with Crippen LogP contribution in [0.5, 0.6) is 5.75 Å². The molecule has 1 aromatic heterocycles. The second-order valence-electron chi connectivity index (χ2n) is 4.73. The molecular formula is C16H16ClNO4S. The summed E-state index contributed by atoms with van der Waals surface area (Å²) in [5.41, 5.74) is 0. The molecule has 2 aromatic rings. The van der Waals surface area contributed by atoms with Crippen LogP contribution in [0, 0.1) is 0 Å². The highest BCUT2D eigenvalue weighted by atomic mass is 35.5. The molecule has 0 saturated heterocycles. The molecule has 0 radical (unpaired) electrons. The molecule has 1 amide bonds. The summed E-state index contributed by atoms with van der Waals surface area (Å²) in [7, 11) is 0. The molecule has 0 bridgehead atoms. The van der Waals surface area contributed by atoms with Crippen LogP contribution < -0.4 is 10.1 Å². The minimum atomic E-state index is -0.954. The van der Waals surface area contributed by atoms with Crippen LogP contribution in [0.1, 0.15) is 27.4 Å². The van der Waals surface area contributed by atoms with Crippen LogP contribution in [-0.4, -0.2) is 23.6 Å². The Hall–Kier alpha value is -2.05. The molecule has 0 fully saturated rings. The van der Waals surface area contributed by atoms with Crippen LogP contribution in [0.2, 0.25) is 5.02 Å². The number of carbonyl (C=O) groups excluding carboxylic acids is 1. The van der Waals surface area contributed by atoms with Gasteiger partial charge in [0.25, 0.3) is 0 Å². The van der Waals surface area contributed by atoms with Crippen LogP contribution in [-0.2, 0) is 11.3 Å². The smallest absolute Gasteiger partial charge is 0.345 e. The maximum atomic E-state index is 11.7. The summed E-state index contributed by atoms with van der Waals surface area (Å²) in [6.07, 6.45) is 0.906. The fraction of sp³-hybridized carbons (Fsp3) is 0.250. The number of carboxylic acids is 1. The molecule has 1 aromatic carbocycles. The average Bonchev–Trinajstić information content (AvgIpc) is 3.00. The number of carboxylic acid groups (broad SMARTS) is 1. The Morgan fingerprint density at radius 3 is 2.70 bits per heavy atom. The van der Waals surface area contributed by atoms with Crippen molar-refractivity contribution in [3.05, 3.63) is 51.2 Å². The molecular weight excluding hydrogens is 338 g/mol. The summed E-state index contributed by atoms with van der Waals surface area (Å²) in [6, 6.07) is 10.4. The van der Waals surface area contributed by atoms with Crippen molar-refractivity contribution in [2.45, 2.75) is 19.4 Å². The molecule has 2 N–H and O–H groups in total. The molecule has 7 heteroatoms. The van der Waals surface area contributed by atoms with Gasteiger partial charge in [-0.2, -0.15) is 0 Å². The summed E-state index contributed by atoms with van der Waals surface area (Å²) < 4.78 is 5.50. The molecule has 0 saturated carbocycles. The predicted octanol–water partition coefficient (Wildman–Crippen LogP) is 3.58. The van der Waals surface area contributed by atoms with Crippen LogP contribution in [0.4, 0.5) is 0 Å². The number of nitrogens with one attached hydrogen (secondary N) is 1. The maximum Gasteiger partial charge on any atom is 0.345 e. The van der Waals surface area contributed by atoms with E-state index in [0.29, 0.717) is 36.8 Å². The van der Waals surface area contributed by atoms with Gasteiger partial charge in [0.15, 0.2) is 0 Å². The molecule has 0 aliphatic rings. The van der Waals surface area contributed by atoms with E-state index in [1.807, 2.05) is 12.1 Å². The standard InChI is InChI=1S/C16H16ClNO4S/c17-12-4-1-2-5-13(12)22-9-3-6-15(19)18-10-11-7-8-14(23-11)16(20)21/h1-2,4-5,7-8H,3,6,9-10H2,(H,18,19)(H,20,21).